The summed E-state index contributed by atoms with van der Waals surface area (Å²) in [4.78, 5) is 13.0. The Kier molecular flexibility index (Phi) is 4.16. The van der Waals surface area contributed by atoms with Gasteiger partial charge < -0.3 is 15.5 Å². The zero-order valence-electron chi connectivity index (χ0n) is 11.8. The van der Waals surface area contributed by atoms with Crippen LogP contribution in [-0.4, -0.2) is 49.1 Å². The van der Waals surface area contributed by atoms with Gasteiger partial charge in [0.1, 0.15) is 12.1 Å². The van der Waals surface area contributed by atoms with Crippen molar-refractivity contribution >= 4 is 22.4 Å². The van der Waals surface area contributed by atoms with Gasteiger partial charge in [0.2, 0.25) is 0 Å². The van der Waals surface area contributed by atoms with E-state index in [4.69, 9.17) is 5.73 Å². The number of hydrogen-bond acceptors (Lipinski definition) is 5. The lowest BCUT2D eigenvalue weighted by molar-refractivity contribution is 0.401. The standard InChI is InChI=1S/C14H21N5/c1-18(2)7-4-8-19(3)14-12-9-11(15)5-6-13(12)16-10-17-14/h5-6,9-10H,4,7-8,15H2,1-3H3. The van der Waals surface area contributed by atoms with E-state index in [1.807, 2.05) is 18.2 Å². The van der Waals surface area contributed by atoms with Gasteiger partial charge in [0, 0.05) is 24.7 Å². The Bertz CT molecular complexity index is 553. The van der Waals surface area contributed by atoms with E-state index in [1.165, 1.54) is 0 Å². The molecule has 2 aromatic rings. The molecule has 0 saturated carbocycles. The van der Waals surface area contributed by atoms with Gasteiger partial charge in [0.25, 0.3) is 0 Å². The smallest absolute Gasteiger partial charge is 0.139 e. The van der Waals surface area contributed by atoms with Gasteiger partial charge in [0.05, 0.1) is 5.52 Å². The predicted octanol–water partition coefficient (Wildman–Crippen LogP) is 1.60. The van der Waals surface area contributed by atoms with Crippen LogP contribution in [0.1, 0.15) is 6.42 Å². The largest absolute Gasteiger partial charge is 0.399 e. The first kappa shape index (κ1) is 13.5. The third-order valence-corrected chi connectivity index (χ3v) is 3.10. The van der Waals surface area contributed by atoms with Crippen LogP contribution in [0.2, 0.25) is 0 Å². The summed E-state index contributed by atoms with van der Waals surface area (Å²) in [5.74, 6) is 0.941. The van der Waals surface area contributed by atoms with E-state index in [-0.39, 0.29) is 0 Å². The van der Waals surface area contributed by atoms with Crippen LogP contribution in [0.15, 0.2) is 24.5 Å². The van der Waals surface area contributed by atoms with Crippen molar-refractivity contribution in [3.05, 3.63) is 24.5 Å². The Morgan fingerprint density at radius 2 is 1.89 bits per heavy atom. The lowest BCUT2D eigenvalue weighted by atomic mass is 10.2. The second-order valence-electron chi connectivity index (χ2n) is 5.05. The van der Waals surface area contributed by atoms with Crippen LogP contribution in [0.25, 0.3) is 10.9 Å². The molecule has 5 nitrogen and oxygen atoms in total. The fourth-order valence-electron chi connectivity index (χ4n) is 2.09. The summed E-state index contributed by atoms with van der Waals surface area (Å²) >= 11 is 0. The van der Waals surface area contributed by atoms with Crippen molar-refractivity contribution in [3.63, 3.8) is 0 Å². The topological polar surface area (TPSA) is 58.3 Å². The van der Waals surface area contributed by atoms with Crippen molar-refractivity contribution in [3.8, 4) is 0 Å². The van der Waals surface area contributed by atoms with Crippen LogP contribution in [0.5, 0.6) is 0 Å². The van der Waals surface area contributed by atoms with E-state index >= 15 is 0 Å². The van der Waals surface area contributed by atoms with E-state index in [1.54, 1.807) is 6.33 Å². The van der Waals surface area contributed by atoms with Gasteiger partial charge in [-0.05, 0) is 45.3 Å². The van der Waals surface area contributed by atoms with Crippen molar-refractivity contribution in [1.82, 2.24) is 14.9 Å². The molecule has 2 N–H and O–H groups in total. The van der Waals surface area contributed by atoms with Crippen LogP contribution >= 0.6 is 0 Å². The lowest BCUT2D eigenvalue weighted by Gasteiger charge is -2.20. The molecule has 0 atom stereocenters. The minimum atomic E-state index is 0.741. The molecule has 0 aliphatic rings. The van der Waals surface area contributed by atoms with Crippen molar-refractivity contribution in [2.75, 3.05) is 44.9 Å². The molecule has 0 aliphatic heterocycles. The molecule has 0 spiro atoms. The molecule has 0 unspecified atom stereocenters. The summed E-state index contributed by atoms with van der Waals surface area (Å²) in [6.07, 6.45) is 2.70. The van der Waals surface area contributed by atoms with Gasteiger partial charge in [-0.2, -0.15) is 0 Å². The number of hydrogen-bond donors (Lipinski definition) is 1. The summed E-state index contributed by atoms with van der Waals surface area (Å²) in [5, 5.41) is 1.01. The molecule has 102 valence electrons. The van der Waals surface area contributed by atoms with Gasteiger partial charge in [0.15, 0.2) is 0 Å². The average Bonchev–Trinajstić information content (AvgIpc) is 2.37. The molecule has 0 amide bonds. The number of nitrogens with two attached hydrogens (primary N) is 1. The number of nitrogens with zero attached hydrogens (tertiary/aromatic N) is 4. The Labute approximate surface area is 114 Å². The van der Waals surface area contributed by atoms with E-state index in [0.29, 0.717) is 0 Å². The maximum absolute atomic E-state index is 5.85. The number of aromatic nitrogens is 2. The summed E-state index contributed by atoms with van der Waals surface area (Å²) in [7, 11) is 6.22. The van der Waals surface area contributed by atoms with Crippen molar-refractivity contribution in [2.24, 2.45) is 0 Å². The molecular weight excluding hydrogens is 238 g/mol. The second-order valence-corrected chi connectivity index (χ2v) is 5.05. The Balaban J connectivity index is 2.21. The molecule has 0 bridgehead atoms. The first-order valence-corrected chi connectivity index (χ1v) is 6.44. The predicted molar refractivity (Wildman–Crippen MR) is 80.4 cm³/mol. The van der Waals surface area contributed by atoms with Crippen LogP contribution in [0.3, 0.4) is 0 Å². The highest BCUT2D eigenvalue weighted by molar-refractivity contribution is 5.91. The SMILES string of the molecule is CN(C)CCCN(C)c1ncnc2ccc(N)cc12. The fourth-order valence-corrected chi connectivity index (χ4v) is 2.09. The third-order valence-electron chi connectivity index (χ3n) is 3.10. The zero-order valence-corrected chi connectivity index (χ0v) is 11.8. The monoisotopic (exact) mass is 259 g/mol. The van der Waals surface area contributed by atoms with Crippen LogP contribution < -0.4 is 10.6 Å². The molecule has 0 fully saturated rings. The fraction of sp³-hybridized carbons (Fsp3) is 0.429. The summed E-state index contributed by atoms with van der Waals surface area (Å²) in [5.41, 5.74) is 7.52. The molecule has 1 aromatic heterocycles. The maximum atomic E-state index is 5.85. The summed E-state index contributed by atoms with van der Waals surface area (Å²) in [6.45, 7) is 2.02. The van der Waals surface area contributed by atoms with Gasteiger partial charge in [-0.3, -0.25) is 0 Å². The summed E-state index contributed by atoms with van der Waals surface area (Å²) < 4.78 is 0. The van der Waals surface area contributed by atoms with E-state index < -0.39 is 0 Å². The Morgan fingerprint density at radius 1 is 1.11 bits per heavy atom. The molecule has 2 rings (SSSR count). The zero-order chi connectivity index (χ0) is 13.8. The molecule has 5 heteroatoms. The average molecular weight is 259 g/mol. The molecular formula is C14H21N5. The van der Waals surface area contributed by atoms with Crippen molar-refractivity contribution in [1.29, 1.82) is 0 Å². The second kappa shape index (κ2) is 5.84. The minimum absolute atomic E-state index is 0.741. The van der Waals surface area contributed by atoms with Gasteiger partial charge in [-0.1, -0.05) is 0 Å². The number of anilines is 2. The van der Waals surface area contributed by atoms with Gasteiger partial charge in [-0.15, -0.1) is 0 Å². The number of benzene rings is 1. The lowest BCUT2D eigenvalue weighted by Crippen LogP contribution is -2.24. The summed E-state index contributed by atoms with van der Waals surface area (Å²) in [6, 6.07) is 5.74. The molecule has 0 saturated heterocycles. The van der Waals surface area contributed by atoms with Crippen molar-refractivity contribution in [2.45, 2.75) is 6.42 Å². The highest BCUT2D eigenvalue weighted by Crippen LogP contribution is 2.24. The normalized spacial score (nSPS) is 11.2. The molecule has 0 aliphatic carbocycles. The van der Waals surface area contributed by atoms with Crippen LogP contribution in [0, 0.1) is 0 Å². The molecule has 1 heterocycles. The number of fused-ring (bicyclic) bond motifs is 1. The molecule has 0 radical (unpaired) electrons. The number of rotatable bonds is 5. The van der Waals surface area contributed by atoms with Crippen molar-refractivity contribution < 1.29 is 0 Å². The highest BCUT2D eigenvalue weighted by Gasteiger charge is 2.08. The molecule has 1 aromatic carbocycles. The van der Waals surface area contributed by atoms with Crippen LogP contribution in [-0.2, 0) is 0 Å². The van der Waals surface area contributed by atoms with E-state index in [0.717, 1.165) is 41.9 Å². The molecule has 19 heavy (non-hydrogen) atoms. The Hall–Kier alpha value is -1.88. The maximum Gasteiger partial charge on any atom is 0.139 e. The first-order chi connectivity index (χ1) is 9.08. The van der Waals surface area contributed by atoms with Gasteiger partial charge in [-0.25, -0.2) is 9.97 Å². The Morgan fingerprint density at radius 3 is 2.63 bits per heavy atom. The van der Waals surface area contributed by atoms with E-state index in [9.17, 15) is 0 Å². The van der Waals surface area contributed by atoms with E-state index in [2.05, 4.69) is 40.9 Å². The minimum Gasteiger partial charge on any atom is -0.399 e. The van der Waals surface area contributed by atoms with Crippen LogP contribution in [0.4, 0.5) is 11.5 Å². The highest BCUT2D eigenvalue weighted by atomic mass is 15.2. The third kappa shape index (κ3) is 3.32. The van der Waals surface area contributed by atoms with Gasteiger partial charge >= 0.3 is 0 Å². The first-order valence-electron chi connectivity index (χ1n) is 6.44. The quantitative estimate of drug-likeness (QED) is 0.827. The number of nitrogen functional groups attached to an aromatic ring is 1.